The number of hydrogen-bond acceptors (Lipinski definition) is 3. The van der Waals surface area contributed by atoms with Gasteiger partial charge in [-0.25, -0.2) is 0 Å². The molecule has 0 bridgehead atoms. The smallest absolute Gasteiger partial charge is 0.406 e. The summed E-state index contributed by atoms with van der Waals surface area (Å²) in [5.41, 5.74) is 0.199. The van der Waals surface area contributed by atoms with Gasteiger partial charge in [-0.1, -0.05) is 12.1 Å². The maximum absolute atomic E-state index is 12.1. The molecule has 0 spiro atoms. The Morgan fingerprint density at radius 2 is 2.05 bits per heavy atom. The molecule has 3 nitrogen and oxygen atoms in total. The third kappa shape index (κ3) is 5.74. The highest BCUT2D eigenvalue weighted by Crippen LogP contribution is 2.24. The average Bonchev–Trinajstić information content (AvgIpc) is 2.33. The summed E-state index contributed by atoms with van der Waals surface area (Å²) in [7, 11) is 1.53. The Hall–Kier alpha value is -1.56. The fourth-order valence-electron chi connectivity index (χ4n) is 1.46. The second-order valence-electron chi connectivity index (χ2n) is 4.08. The van der Waals surface area contributed by atoms with Crippen molar-refractivity contribution in [3.8, 4) is 5.75 Å². The summed E-state index contributed by atoms with van der Waals surface area (Å²) in [4.78, 5) is 11.8. The third-order valence-corrected chi connectivity index (χ3v) is 2.57. The maximum atomic E-state index is 12.1. The van der Waals surface area contributed by atoms with Gasteiger partial charge in [-0.15, -0.1) is 13.2 Å². The molecule has 0 aromatic heterocycles. The van der Waals surface area contributed by atoms with Crippen molar-refractivity contribution in [1.82, 2.24) is 0 Å². The number of ether oxygens (including phenoxy) is 2. The van der Waals surface area contributed by atoms with E-state index in [4.69, 9.17) is 4.74 Å². The van der Waals surface area contributed by atoms with Crippen molar-refractivity contribution in [1.29, 1.82) is 0 Å². The molecule has 0 aliphatic heterocycles. The summed E-state index contributed by atoms with van der Waals surface area (Å²) < 4.78 is 44.9. The Bertz CT molecular complexity index is 429. The first-order chi connectivity index (χ1) is 8.81. The molecule has 0 aliphatic carbocycles. The lowest BCUT2D eigenvalue weighted by Crippen LogP contribution is -2.17. The summed E-state index contributed by atoms with van der Waals surface area (Å²) in [6, 6.07) is 5.06. The minimum absolute atomic E-state index is 0.0708. The third-order valence-electron chi connectivity index (χ3n) is 2.57. The van der Waals surface area contributed by atoms with E-state index in [9.17, 15) is 18.0 Å². The lowest BCUT2D eigenvalue weighted by atomic mass is 10.0. The van der Waals surface area contributed by atoms with Crippen LogP contribution in [0.1, 0.15) is 30.1 Å². The van der Waals surface area contributed by atoms with E-state index in [1.165, 1.54) is 19.2 Å². The molecular formula is C13H15F3O3. The SMILES string of the molecule is COC(C)CCC(=O)c1cccc(OC(F)(F)F)c1. The molecule has 106 valence electrons. The van der Waals surface area contributed by atoms with E-state index >= 15 is 0 Å². The van der Waals surface area contributed by atoms with Crippen molar-refractivity contribution in [2.24, 2.45) is 0 Å². The molecule has 0 radical (unpaired) electrons. The van der Waals surface area contributed by atoms with Gasteiger partial charge in [0.2, 0.25) is 0 Å². The fraction of sp³-hybridized carbons (Fsp3) is 0.462. The lowest BCUT2D eigenvalue weighted by molar-refractivity contribution is -0.274. The number of carbonyl (C=O) groups is 1. The van der Waals surface area contributed by atoms with Gasteiger partial charge in [-0.2, -0.15) is 0 Å². The number of hydrogen-bond donors (Lipinski definition) is 0. The molecule has 0 fully saturated rings. The highest BCUT2D eigenvalue weighted by atomic mass is 19.4. The van der Waals surface area contributed by atoms with Gasteiger partial charge >= 0.3 is 6.36 Å². The van der Waals surface area contributed by atoms with Crippen LogP contribution in [0.3, 0.4) is 0 Å². The number of methoxy groups -OCH3 is 1. The molecule has 1 aromatic carbocycles. The van der Waals surface area contributed by atoms with Gasteiger partial charge in [0.1, 0.15) is 5.75 Å². The highest BCUT2D eigenvalue weighted by Gasteiger charge is 2.31. The predicted octanol–water partition coefficient (Wildman–Crippen LogP) is 3.58. The first kappa shape index (κ1) is 15.5. The van der Waals surface area contributed by atoms with Gasteiger partial charge in [-0.05, 0) is 25.5 Å². The van der Waals surface area contributed by atoms with Crippen LogP contribution in [0.25, 0.3) is 0 Å². The second-order valence-corrected chi connectivity index (χ2v) is 4.08. The van der Waals surface area contributed by atoms with Gasteiger partial charge in [0.05, 0.1) is 6.10 Å². The summed E-state index contributed by atoms with van der Waals surface area (Å²) in [6.07, 6.45) is -4.10. The largest absolute Gasteiger partial charge is 0.573 e. The van der Waals surface area contributed by atoms with Crippen LogP contribution in [-0.2, 0) is 4.74 Å². The zero-order valence-electron chi connectivity index (χ0n) is 10.7. The van der Waals surface area contributed by atoms with E-state index in [1.54, 1.807) is 0 Å². The lowest BCUT2D eigenvalue weighted by Gasteiger charge is -2.10. The van der Waals surface area contributed by atoms with E-state index in [1.807, 2.05) is 6.92 Å². The van der Waals surface area contributed by atoms with Gasteiger partial charge in [-0.3, -0.25) is 4.79 Å². The summed E-state index contributed by atoms with van der Waals surface area (Å²) >= 11 is 0. The molecule has 1 aromatic rings. The number of ketones is 1. The Morgan fingerprint density at radius 1 is 1.37 bits per heavy atom. The van der Waals surface area contributed by atoms with Crippen molar-refractivity contribution < 1.29 is 27.4 Å². The van der Waals surface area contributed by atoms with Crippen LogP contribution in [0.2, 0.25) is 0 Å². The van der Waals surface area contributed by atoms with Crippen LogP contribution in [0.5, 0.6) is 5.75 Å². The van der Waals surface area contributed by atoms with E-state index in [-0.39, 0.29) is 23.9 Å². The maximum Gasteiger partial charge on any atom is 0.573 e. The van der Waals surface area contributed by atoms with Crippen molar-refractivity contribution in [2.75, 3.05) is 7.11 Å². The van der Waals surface area contributed by atoms with Gasteiger partial charge in [0.15, 0.2) is 5.78 Å². The molecule has 0 heterocycles. The summed E-state index contributed by atoms with van der Waals surface area (Å²) in [6.45, 7) is 1.82. The van der Waals surface area contributed by atoms with E-state index in [2.05, 4.69) is 4.74 Å². The zero-order valence-corrected chi connectivity index (χ0v) is 10.7. The molecule has 1 rings (SSSR count). The number of carbonyl (C=O) groups excluding carboxylic acids is 1. The molecule has 0 saturated carbocycles. The molecule has 0 amide bonds. The van der Waals surface area contributed by atoms with Crippen LogP contribution in [-0.4, -0.2) is 25.4 Å². The number of benzene rings is 1. The zero-order chi connectivity index (χ0) is 14.5. The molecule has 0 saturated heterocycles. The molecule has 19 heavy (non-hydrogen) atoms. The first-order valence-electron chi connectivity index (χ1n) is 5.73. The minimum atomic E-state index is -4.76. The summed E-state index contributed by atoms with van der Waals surface area (Å²) in [5, 5.41) is 0. The van der Waals surface area contributed by atoms with Crippen LogP contribution >= 0.6 is 0 Å². The number of halogens is 3. The van der Waals surface area contributed by atoms with Gasteiger partial charge < -0.3 is 9.47 Å². The van der Waals surface area contributed by atoms with Crippen LogP contribution in [0.15, 0.2) is 24.3 Å². The Morgan fingerprint density at radius 3 is 2.63 bits per heavy atom. The normalized spacial score (nSPS) is 13.1. The fourth-order valence-corrected chi connectivity index (χ4v) is 1.46. The van der Waals surface area contributed by atoms with Gasteiger partial charge in [0.25, 0.3) is 0 Å². The molecule has 0 N–H and O–H groups in total. The summed E-state index contributed by atoms with van der Waals surface area (Å²) in [5.74, 6) is -0.630. The van der Waals surface area contributed by atoms with Crippen molar-refractivity contribution >= 4 is 5.78 Å². The minimum Gasteiger partial charge on any atom is -0.406 e. The standard InChI is InChI=1S/C13H15F3O3/c1-9(18-2)6-7-12(17)10-4-3-5-11(8-10)19-13(14,15)16/h3-5,8-9H,6-7H2,1-2H3. The first-order valence-corrected chi connectivity index (χ1v) is 5.73. The van der Waals surface area contributed by atoms with Crippen molar-refractivity contribution in [3.63, 3.8) is 0 Å². The van der Waals surface area contributed by atoms with Crippen LogP contribution in [0, 0.1) is 0 Å². The van der Waals surface area contributed by atoms with E-state index in [0.29, 0.717) is 6.42 Å². The molecular weight excluding hydrogens is 261 g/mol. The van der Waals surface area contributed by atoms with Crippen LogP contribution in [0.4, 0.5) is 13.2 Å². The Labute approximate surface area is 109 Å². The van der Waals surface area contributed by atoms with Gasteiger partial charge in [0, 0.05) is 19.1 Å². The monoisotopic (exact) mass is 276 g/mol. The molecule has 1 atom stereocenters. The van der Waals surface area contributed by atoms with Crippen molar-refractivity contribution in [3.05, 3.63) is 29.8 Å². The topological polar surface area (TPSA) is 35.5 Å². The Kier molecular flexibility index (Phi) is 5.35. The number of alkyl halides is 3. The quantitative estimate of drug-likeness (QED) is 0.745. The predicted molar refractivity (Wildman–Crippen MR) is 63.2 cm³/mol. The molecule has 0 aliphatic rings. The molecule has 1 unspecified atom stereocenters. The van der Waals surface area contributed by atoms with Crippen LogP contribution < -0.4 is 4.74 Å². The Balaban J connectivity index is 2.68. The number of Topliss-reactive ketones (excluding diaryl/α,β-unsaturated/α-hetero) is 1. The second kappa shape index (κ2) is 6.56. The van der Waals surface area contributed by atoms with E-state index in [0.717, 1.165) is 12.1 Å². The van der Waals surface area contributed by atoms with Crippen molar-refractivity contribution in [2.45, 2.75) is 32.2 Å². The highest BCUT2D eigenvalue weighted by molar-refractivity contribution is 5.96. The van der Waals surface area contributed by atoms with E-state index < -0.39 is 12.1 Å². The average molecular weight is 276 g/mol. The number of rotatable bonds is 6. The molecule has 6 heteroatoms.